The van der Waals surface area contributed by atoms with Crippen molar-refractivity contribution < 1.29 is 4.79 Å². The first-order chi connectivity index (χ1) is 9.16. The van der Waals surface area contributed by atoms with Crippen molar-refractivity contribution in [2.24, 2.45) is 11.8 Å². The number of fused-ring (bicyclic) bond motifs is 1. The third kappa shape index (κ3) is 2.54. The molecule has 0 bridgehead atoms. The number of rotatable bonds is 3. The zero-order valence-electron chi connectivity index (χ0n) is 10.7. The van der Waals surface area contributed by atoms with Crippen molar-refractivity contribution >= 4 is 29.0 Å². The third-order valence-corrected chi connectivity index (χ3v) is 5.35. The van der Waals surface area contributed by atoms with E-state index in [1.165, 1.54) is 19.3 Å². The quantitative estimate of drug-likeness (QED) is 0.856. The fraction of sp³-hybridized carbons (Fsp3) is 0.533. The van der Waals surface area contributed by atoms with Gasteiger partial charge in [0.05, 0.1) is 10.0 Å². The van der Waals surface area contributed by atoms with Gasteiger partial charge in [-0.05, 0) is 43.4 Å². The summed E-state index contributed by atoms with van der Waals surface area (Å²) in [5, 5.41) is 4.33. The molecule has 1 aliphatic carbocycles. The minimum atomic E-state index is 0.0950. The van der Waals surface area contributed by atoms with Crippen LogP contribution in [0.3, 0.4) is 0 Å². The molecule has 1 N–H and O–H groups in total. The normalized spacial score (nSPS) is 29.5. The van der Waals surface area contributed by atoms with Crippen LogP contribution >= 0.6 is 23.2 Å². The molecule has 102 valence electrons. The molecule has 2 nitrogen and oxygen atoms in total. The summed E-state index contributed by atoms with van der Waals surface area (Å²) in [7, 11) is 0. The zero-order valence-corrected chi connectivity index (χ0v) is 12.2. The molecule has 2 aliphatic rings. The largest absolute Gasteiger partial charge is 0.313 e. The average Bonchev–Trinajstić information content (AvgIpc) is 2.97. The molecule has 0 amide bonds. The second-order valence-electron chi connectivity index (χ2n) is 5.60. The van der Waals surface area contributed by atoms with Gasteiger partial charge in [-0.15, -0.1) is 0 Å². The van der Waals surface area contributed by atoms with Gasteiger partial charge in [0.2, 0.25) is 0 Å². The number of hydrogen-bond acceptors (Lipinski definition) is 2. The number of nitrogens with one attached hydrogen (secondary N) is 1. The van der Waals surface area contributed by atoms with Gasteiger partial charge < -0.3 is 5.32 Å². The third-order valence-electron chi connectivity index (χ3n) is 4.53. The molecule has 3 rings (SSSR count). The number of benzene rings is 1. The Morgan fingerprint density at radius 2 is 2.16 bits per heavy atom. The molecule has 1 saturated heterocycles. The van der Waals surface area contributed by atoms with Crippen LogP contribution < -0.4 is 5.32 Å². The second-order valence-corrected chi connectivity index (χ2v) is 6.38. The number of hydrogen-bond donors (Lipinski definition) is 1. The smallest absolute Gasteiger partial charge is 0.165 e. The van der Waals surface area contributed by atoms with Crippen LogP contribution in [-0.4, -0.2) is 18.4 Å². The second kappa shape index (κ2) is 5.43. The van der Waals surface area contributed by atoms with Gasteiger partial charge in [0.25, 0.3) is 0 Å². The molecule has 0 aromatic heterocycles. The number of halogens is 2. The highest BCUT2D eigenvalue weighted by Crippen LogP contribution is 2.39. The van der Waals surface area contributed by atoms with Gasteiger partial charge in [0.15, 0.2) is 5.78 Å². The summed E-state index contributed by atoms with van der Waals surface area (Å²) in [4.78, 5) is 12.4. The first-order valence-corrected chi connectivity index (χ1v) is 7.63. The molecule has 1 aromatic rings. The number of ketones is 1. The molecular weight excluding hydrogens is 281 g/mol. The SMILES string of the molecule is O=C(CC1NCC2CCCC21)c1cccc(Cl)c1Cl. The molecule has 1 saturated carbocycles. The minimum Gasteiger partial charge on any atom is -0.313 e. The zero-order chi connectivity index (χ0) is 13.4. The Morgan fingerprint density at radius 3 is 3.00 bits per heavy atom. The monoisotopic (exact) mass is 297 g/mol. The summed E-state index contributed by atoms with van der Waals surface area (Å²) < 4.78 is 0. The van der Waals surface area contributed by atoms with Crippen LogP contribution in [0.15, 0.2) is 18.2 Å². The molecule has 0 radical (unpaired) electrons. The van der Waals surface area contributed by atoms with Crippen molar-refractivity contribution in [1.29, 1.82) is 0 Å². The number of carbonyl (C=O) groups is 1. The Balaban J connectivity index is 1.73. The first-order valence-electron chi connectivity index (χ1n) is 6.87. The lowest BCUT2D eigenvalue weighted by Crippen LogP contribution is -2.29. The van der Waals surface area contributed by atoms with E-state index in [0.29, 0.717) is 34.0 Å². The van der Waals surface area contributed by atoms with Crippen LogP contribution in [0.4, 0.5) is 0 Å². The van der Waals surface area contributed by atoms with E-state index in [1.54, 1.807) is 18.2 Å². The summed E-state index contributed by atoms with van der Waals surface area (Å²) >= 11 is 12.1. The van der Waals surface area contributed by atoms with Crippen molar-refractivity contribution in [3.05, 3.63) is 33.8 Å². The molecule has 19 heavy (non-hydrogen) atoms. The van der Waals surface area contributed by atoms with Crippen molar-refractivity contribution in [3.8, 4) is 0 Å². The Morgan fingerprint density at radius 1 is 1.32 bits per heavy atom. The van der Waals surface area contributed by atoms with E-state index in [2.05, 4.69) is 5.32 Å². The Labute approximate surface area is 123 Å². The van der Waals surface area contributed by atoms with Gasteiger partial charge in [0, 0.05) is 18.0 Å². The van der Waals surface area contributed by atoms with Gasteiger partial charge in [-0.25, -0.2) is 0 Å². The predicted octanol–water partition coefficient (Wildman–Crippen LogP) is 3.95. The van der Waals surface area contributed by atoms with E-state index >= 15 is 0 Å². The molecule has 0 spiro atoms. The molecule has 1 aromatic carbocycles. The highest BCUT2D eigenvalue weighted by atomic mass is 35.5. The molecule has 4 heteroatoms. The van der Waals surface area contributed by atoms with E-state index in [-0.39, 0.29) is 5.78 Å². The lowest BCUT2D eigenvalue weighted by atomic mass is 9.90. The van der Waals surface area contributed by atoms with E-state index < -0.39 is 0 Å². The maximum absolute atomic E-state index is 12.4. The maximum atomic E-state index is 12.4. The highest BCUT2D eigenvalue weighted by molar-refractivity contribution is 6.43. The van der Waals surface area contributed by atoms with Crippen LogP contribution in [-0.2, 0) is 0 Å². The fourth-order valence-corrected chi connectivity index (χ4v) is 3.96. The average molecular weight is 298 g/mol. The number of Topliss-reactive ketones (excluding diaryl/α,β-unsaturated/α-hetero) is 1. The van der Waals surface area contributed by atoms with Gasteiger partial charge in [-0.2, -0.15) is 0 Å². The number of carbonyl (C=O) groups excluding carboxylic acids is 1. The summed E-state index contributed by atoms with van der Waals surface area (Å²) in [6, 6.07) is 5.57. The van der Waals surface area contributed by atoms with E-state index in [4.69, 9.17) is 23.2 Å². The van der Waals surface area contributed by atoms with Crippen LogP contribution in [0, 0.1) is 11.8 Å². The highest BCUT2D eigenvalue weighted by Gasteiger charge is 2.39. The molecule has 2 fully saturated rings. The van der Waals surface area contributed by atoms with Crippen molar-refractivity contribution in [3.63, 3.8) is 0 Å². The molecule has 3 atom stereocenters. The lowest BCUT2D eigenvalue weighted by molar-refractivity contribution is 0.0963. The Kier molecular flexibility index (Phi) is 3.84. The maximum Gasteiger partial charge on any atom is 0.165 e. The topological polar surface area (TPSA) is 29.1 Å². The summed E-state index contributed by atoms with van der Waals surface area (Å²) in [6.07, 6.45) is 4.39. The van der Waals surface area contributed by atoms with E-state index in [0.717, 1.165) is 12.5 Å². The van der Waals surface area contributed by atoms with Gasteiger partial charge in [-0.3, -0.25) is 4.79 Å². The van der Waals surface area contributed by atoms with Crippen LogP contribution in [0.1, 0.15) is 36.0 Å². The van der Waals surface area contributed by atoms with Crippen LogP contribution in [0.2, 0.25) is 10.0 Å². The standard InChI is InChI=1S/C15H17Cl2NO/c16-12-6-2-5-11(15(12)17)14(19)7-13-10-4-1-3-9(10)8-18-13/h2,5-6,9-10,13,18H,1,3-4,7-8H2. The summed E-state index contributed by atoms with van der Waals surface area (Å²) in [6.45, 7) is 1.06. The van der Waals surface area contributed by atoms with Gasteiger partial charge in [-0.1, -0.05) is 35.7 Å². The molecule has 3 unspecified atom stereocenters. The molecule has 1 aliphatic heterocycles. The van der Waals surface area contributed by atoms with Crippen LogP contribution in [0.5, 0.6) is 0 Å². The minimum absolute atomic E-state index is 0.0950. The lowest BCUT2D eigenvalue weighted by Gasteiger charge is -2.17. The van der Waals surface area contributed by atoms with Crippen LogP contribution in [0.25, 0.3) is 0 Å². The first kappa shape index (κ1) is 13.4. The van der Waals surface area contributed by atoms with E-state index in [1.807, 2.05) is 0 Å². The van der Waals surface area contributed by atoms with Crippen molar-refractivity contribution in [1.82, 2.24) is 5.32 Å². The van der Waals surface area contributed by atoms with Crippen molar-refractivity contribution in [2.45, 2.75) is 31.7 Å². The van der Waals surface area contributed by atoms with Gasteiger partial charge in [0.1, 0.15) is 0 Å². The summed E-state index contributed by atoms with van der Waals surface area (Å²) in [5.74, 6) is 1.53. The van der Waals surface area contributed by atoms with Gasteiger partial charge >= 0.3 is 0 Å². The van der Waals surface area contributed by atoms with E-state index in [9.17, 15) is 4.79 Å². The Bertz CT molecular complexity index is 503. The molecular formula is C15H17Cl2NO. The Hall–Kier alpha value is -0.570. The predicted molar refractivity (Wildman–Crippen MR) is 78.0 cm³/mol. The summed E-state index contributed by atoms with van der Waals surface area (Å²) in [5.41, 5.74) is 0.553. The fourth-order valence-electron chi connectivity index (χ4n) is 3.56. The van der Waals surface area contributed by atoms with Crippen molar-refractivity contribution in [2.75, 3.05) is 6.54 Å². The molecule has 1 heterocycles.